The zero-order chi connectivity index (χ0) is 14.4. The fraction of sp³-hybridized carbons (Fsp3) is 0.417. The minimum Gasteiger partial charge on any atom is -0.478 e. The minimum absolute atomic E-state index is 0.0116. The molecule has 6 nitrogen and oxygen atoms in total. The molecule has 0 amide bonds. The molecule has 1 aromatic rings. The van der Waals surface area contributed by atoms with Crippen LogP contribution in [0.15, 0.2) is 18.3 Å². The van der Waals surface area contributed by atoms with Crippen LogP contribution in [0, 0.1) is 0 Å². The summed E-state index contributed by atoms with van der Waals surface area (Å²) < 4.78 is 0. The van der Waals surface area contributed by atoms with E-state index >= 15 is 0 Å². The van der Waals surface area contributed by atoms with Crippen molar-refractivity contribution in [1.82, 2.24) is 4.98 Å². The van der Waals surface area contributed by atoms with Gasteiger partial charge in [-0.3, -0.25) is 9.78 Å². The largest absolute Gasteiger partial charge is 0.478 e. The Hall–Kier alpha value is -1.44. The lowest BCUT2D eigenvalue weighted by atomic mass is 10.1. The molecular formula is C12H15NO5S. The third kappa shape index (κ3) is 4.98. The molecule has 0 aliphatic carbocycles. The Morgan fingerprint density at radius 1 is 1.37 bits per heavy atom. The van der Waals surface area contributed by atoms with Gasteiger partial charge >= 0.3 is 5.97 Å². The highest BCUT2D eigenvalue weighted by Crippen LogP contribution is 2.19. The Bertz CT molecular complexity index is 448. The fourth-order valence-corrected chi connectivity index (χ4v) is 2.03. The first-order valence-electron chi connectivity index (χ1n) is 5.60. The maximum Gasteiger partial charge on any atom is 0.337 e. The summed E-state index contributed by atoms with van der Waals surface area (Å²) in [6, 6.07) is 2.67. The molecular weight excluding hydrogens is 270 g/mol. The van der Waals surface area contributed by atoms with E-state index in [1.165, 1.54) is 19.1 Å². The van der Waals surface area contributed by atoms with Gasteiger partial charge in [0, 0.05) is 18.9 Å². The summed E-state index contributed by atoms with van der Waals surface area (Å²) in [6.45, 7) is 1.43. The van der Waals surface area contributed by atoms with Gasteiger partial charge < -0.3 is 15.3 Å². The van der Waals surface area contributed by atoms with Crippen LogP contribution in [0.4, 0.5) is 0 Å². The Morgan fingerprint density at radius 2 is 2.05 bits per heavy atom. The van der Waals surface area contributed by atoms with Crippen molar-refractivity contribution >= 4 is 22.8 Å². The second-order valence-corrected chi connectivity index (χ2v) is 5.19. The summed E-state index contributed by atoms with van der Waals surface area (Å²) in [5.41, 5.74) is 0.211. The van der Waals surface area contributed by atoms with Crippen molar-refractivity contribution in [2.75, 3.05) is 5.75 Å². The van der Waals surface area contributed by atoms with Gasteiger partial charge in [0.1, 0.15) is 6.10 Å². The molecule has 1 rings (SSSR count). The number of hydrogen-bond donors (Lipinski definition) is 3. The smallest absolute Gasteiger partial charge is 0.337 e. The van der Waals surface area contributed by atoms with Gasteiger partial charge in [0.15, 0.2) is 5.12 Å². The summed E-state index contributed by atoms with van der Waals surface area (Å²) in [4.78, 5) is 25.2. The molecule has 1 heterocycles. The van der Waals surface area contributed by atoms with Crippen LogP contribution in [0.1, 0.15) is 35.5 Å². The average Bonchev–Trinajstić information content (AvgIpc) is 2.37. The van der Waals surface area contributed by atoms with Crippen LogP contribution in [0.25, 0.3) is 0 Å². The van der Waals surface area contributed by atoms with Crippen molar-refractivity contribution in [3.63, 3.8) is 0 Å². The van der Waals surface area contributed by atoms with E-state index in [9.17, 15) is 19.8 Å². The highest BCUT2D eigenvalue weighted by Gasteiger charge is 2.20. The molecule has 0 radical (unpaired) electrons. The number of carboxylic acids is 1. The van der Waals surface area contributed by atoms with Gasteiger partial charge in [0.25, 0.3) is 0 Å². The second kappa shape index (κ2) is 7.22. The van der Waals surface area contributed by atoms with Crippen molar-refractivity contribution in [2.24, 2.45) is 0 Å². The molecule has 0 saturated heterocycles. The first-order chi connectivity index (χ1) is 8.91. The number of carbonyl (C=O) groups excluding carboxylic acids is 1. The van der Waals surface area contributed by atoms with Crippen molar-refractivity contribution < 1.29 is 24.9 Å². The van der Waals surface area contributed by atoms with Crippen LogP contribution >= 0.6 is 11.8 Å². The number of aliphatic hydroxyl groups excluding tert-OH is 2. The first kappa shape index (κ1) is 15.6. The van der Waals surface area contributed by atoms with Crippen LogP contribution in [0.5, 0.6) is 0 Å². The maximum absolute atomic E-state index is 10.7. The highest BCUT2D eigenvalue weighted by atomic mass is 32.2. The van der Waals surface area contributed by atoms with E-state index in [1.807, 2.05) is 0 Å². The monoisotopic (exact) mass is 285 g/mol. The molecule has 7 heteroatoms. The summed E-state index contributed by atoms with van der Waals surface area (Å²) >= 11 is 1.07. The SMILES string of the molecule is CC(=O)SCCC(O)C(O)c1ccc(C(=O)O)cn1. The molecule has 3 N–H and O–H groups in total. The van der Waals surface area contributed by atoms with Gasteiger partial charge in [-0.2, -0.15) is 0 Å². The van der Waals surface area contributed by atoms with Gasteiger partial charge in [-0.15, -0.1) is 0 Å². The van der Waals surface area contributed by atoms with E-state index in [2.05, 4.69) is 4.98 Å². The number of aromatic nitrogens is 1. The normalized spacial score (nSPS) is 13.8. The number of carboxylic acid groups (broad SMARTS) is 1. The predicted octanol–water partition coefficient (Wildman–Crippen LogP) is 0.844. The van der Waals surface area contributed by atoms with Crippen molar-refractivity contribution in [3.8, 4) is 0 Å². The number of thioether (sulfide) groups is 1. The lowest BCUT2D eigenvalue weighted by Crippen LogP contribution is -2.20. The van der Waals surface area contributed by atoms with Gasteiger partial charge in [0.2, 0.25) is 0 Å². The van der Waals surface area contributed by atoms with Gasteiger partial charge in [-0.25, -0.2) is 4.79 Å². The van der Waals surface area contributed by atoms with Crippen molar-refractivity contribution in [1.29, 1.82) is 0 Å². The van der Waals surface area contributed by atoms with Crippen molar-refractivity contribution in [3.05, 3.63) is 29.6 Å². The Labute approximate surface area is 114 Å². The molecule has 0 bridgehead atoms. The molecule has 19 heavy (non-hydrogen) atoms. The Kier molecular flexibility index (Phi) is 5.94. The lowest BCUT2D eigenvalue weighted by Gasteiger charge is -2.16. The molecule has 0 aliphatic rings. The minimum atomic E-state index is -1.20. The third-order valence-corrected chi connectivity index (χ3v) is 3.27. The molecule has 0 spiro atoms. The highest BCUT2D eigenvalue weighted by molar-refractivity contribution is 8.13. The number of hydrogen-bond acceptors (Lipinski definition) is 6. The van der Waals surface area contributed by atoms with Crippen LogP contribution in [-0.2, 0) is 4.79 Å². The number of carbonyl (C=O) groups is 2. The van der Waals surface area contributed by atoms with E-state index in [0.29, 0.717) is 5.75 Å². The van der Waals surface area contributed by atoms with Gasteiger partial charge in [-0.1, -0.05) is 11.8 Å². The topological polar surface area (TPSA) is 108 Å². The van der Waals surface area contributed by atoms with Gasteiger partial charge in [-0.05, 0) is 18.6 Å². The zero-order valence-corrected chi connectivity index (χ0v) is 11.1. The third-order valence-electron chi connectivity index (χ3n) is 2.42. The average molecular weight is 285 g/mol. The van der Waals surface area contributed by atoms with Crippen molar-refractivity contribution in [2.45, 2.75) is 25.6 Å². The van der Waals surface area contributed by atoms with E-state index in [-0.39, 0.29) is 22.8 Å². The number of pyridine rings is 1. The molecule has 104 valence electrons. The summed E-state index contributed by atoms with van der Waals surface area (Å²) in [5, 5.41) is 28.2. The predicted molar refractivity (Wildman–Crippen MR) is 69.9 cm³/mol. The van der Waals surface area contributed by atoms with E-state index in [1.54, 1.807) is 0 Å². The van der Waals surface area contributed by atoms with E-state index in [0.717, 1.165) is 18.0 Å². The number of nitrogens with zero attached hydrogens (tertiary/aromatic N) is 1. The molecule has 0 fully saturated rings. The number of aromatic carboxylic acids is 1. The molecule has 2 unspecified atom stereocenters. The quantitative estimate of drug-likeness (QED) is 0.711. The molecule has 0 saturated carbocycles. The van der Waals surface area contributed by atoms with Crippen LogP contribution in [0.2, 0.25) is 0 Å². The van der Waals surface area contributed by atoms with Gasteiger partial charge in [0.05, 0.1) is 17.4 Å². The van der Waals surface area contributed by atoms with E-state index in [4.69, 9.17) is 5.11 Å². The molecule has 2 atom stereocenters. The molecule has 0 aromatic carbocycles. The second-order valence-electron chi connectivity index (χ2n) is 3.92. The number of aliphatic hydroxyl groups is 2. The summed E-state index contributed by atoms with van der Waals surface area (Å²) in [5.74, 6) is -0.701. The summed E-state index contributed by atoms with van der Waals surface area (Å²) in [6.07, 6.45) is -0.878. The number of rotatable bonds is 6. The molecule has 0 aliphatic heterocycles. The fourth-order valence-electron chi connectivity index (χ4n) is 1.39. The Morgan fingerprint density at radius 3 is 2.53 bits per heavy atom. The van der Waals surface area contributed by atoms with Crippen LogP contribution in [0.3, 0.4) is 0 Å². The Balaban J connectivity index is 2.58. The van der Waals surface area contributed by atoms with Crippen LogP contribution in [-0.4, -0.2) is 43.2 Å². The zero-order valence-electron chi connectivity index (χ0n) is 10.3. The molecule has 1 aromatic heterocycles. The summed E-state index contributed by atoms with van der Waals surface area (Å²) in [7, 11) is 0. The van der Waals surface area contributed by atoms with E-state index < -0.39 is 18.2 Å². The lowest BCUT2D eigenvalue weighted by molar-refractivity contribution is -0.109. The maximum atomic E-state index is 10.7. The first-order valence-corrected chi connectivity index (χ1v) is 6.59. The van der Waals surface area contributed by atoms with Crippen LogP contribution < -0.4 is 0 Å². The standard InChI is InChI=1S/C12H15NO5S/c1-7(14)19-5-4-10(15)11(16)9-3-2-8(6-13-9)12(17)18/h2-3,6,10-11,15-16H,4-5H2,1H3,(H,17,18).